The minimum Gasteiger partial charge on any atom is -0.309 e. The van der Waals surface area contributed by atoms with Crippen molar-refractivity contribution in [2.75, 3.05) is 0 Å². The van der Waals surface area contributed by atoms with Crippen LogP contribution in [0.25, 0.3) is 92.5 Å². The Labute approximate surface area is 260 Å². The Bertz CT molecular complexity index is 2800. The first-order valence-corrected chi connectivity index (χ1v) is 15.6. The lowest BCUT2D eigenvalue weighted by Crippen LogP contribution is -1.93. The van der Waals surface area contributed by atoms with Gasteiger partial charge in [-0.1, -0.05) is 133 Å². The van der Waals surface area contributed by atoms with E-state index in [1.54, 1.807) is 0 Å². The van der Waals surface area contributed by atoms with E-state index in [0.717, 1.165) is 0 Å². The molecule has 1 heteroatoms. The lowest BCUT2D eigenvalue weighted by Gasteiger charge is -2.17. The summed E-state index contributed by atoms with van der Waals surface area (Å²) < 4.78 is 2.41. The molecule has 0 saturated heterocycles. The van der Waals surface area contributed by atoms with Gasteiger partial charge in [-0.3, -0.25) is 0 Å². The minimum absolute atomic E-state index is 1.17. The van der Waals surface area contributed by atoms with Crippen molar-refractivity contribution < 1.29 is 0 Å². The highest BCUT2D eigenvalue weighted by molar-refractivity contribution is 6.36. The topological polar surface area (TPSA) is 4.93 Å². The van der Waals surface area contributed by atoms with E-state index in [9.17, 15) is 0 Å². The lowest BCUT2D eigenvalue weighted by molar-refractivity contribution is 1.18. The van der Waals surface area contributed by atoms with E-state index in [1.807, 2.05) is 0 Å². The maximum atomic E-state index is 2.45. The number of rotatable bonds is 2. The van der Waals surface area contributed by atoms with Crippen molar-refractivity contribution in [1.29, 1.82) is 0 Å². The fourth-order valence-corrected chi connectivity index (χ4v) is 7.82. The molecule has 1 heterocycles. The maximum absolute atomic E-state index is 2.45. The minimum atomic E-state index is 1.17. The Kier molecular flexibility index (Phi) is 5.06. The van der Waals surface area contributed by atoms with Crippen LogP contribution in [0.1, 0.15) is 0 Å². The van der Waals surface area contributed by atoms with E-state index in [-0.39, 0.29) is 0 Å². The van der Waals surface area contributed by atoms with Gasteiger partial charge < -0.3 is 4.57 Å². The molecule has 1 aromatic heterocycles. The molecule has 208 valence electrons. The summed E-state index contributed by atoms with van der Waals surface area (Å²) in [5.41, 5.74) is 6.11. The number of fused-ring (bicyclic) bond motifs is 13. The molecule has 0 aliphatic carbocycles. The second-order valence-corrected chi connectivity index (χ2v) is 12.1. The van der Waals surface area contributed by atoms with Gasteiger partial charge in [0, 0.05) is 16.5 Å². The summed E-state index contributed by atoms with van der Waals surface area (Å²) in [6.07, 6.45) is 0. The van der Waals surface area contributed by atoms with Crippen LogP contribution in [-0.4, -0.2) is 4.57 Å². The summed E-state index contributed by atoms with van der Waals surface area (Å²) >= 11 is 0. The van der Waals surface area contributed by atoms with Crippen LogP contribution in [0.5, 0.6) is 0 Å². The van der Waals surface area contributed by atoms with Gasteiger partial charge in [0.1, 0.15) is 0 Å². The monoisotopic (exact) mass is 569 g/mol. The Morgan fingerprint density at radius 1 is 0.311 bits per heavy atom. The molecule has 9 aromatic carbocycles. The zero-order valence-corrected chi connectivity index (χ0v) is 24.5. The predicted molar refractivity (Wildman–Crippen MR) is 194 cm³/mol. The highest BCUT2D eigenvalue weighted by Gasteiger charge is 2.18. The second-order valence-electron chi connectivity index (χ2n) is 12.1. The molecule has 0 fully saturated rings. The number of hydrogen-bond acceptors (Lipinski definition) is 0. The van der Waals surface area contributed by atoms with Gasteiger partial charge >= 0.3 is 0 Å². The number of hydrogen-bond donors (Lipinski definition) is 0. The van der Waals surface area contributed by atoms with E-state index in [4.69, 9.17) is 0 Å². The molecular weight excluding hydrogens is 542 g/mol. The van der Waals surface area contributed by atoms with E-state index in [2.05, 4.69) is 168 Å². The summed E-state index contributed by atoms with van der Waals surface area (Å²) in [5.74, 6) is 0. The zero-order chi connectivity index (χ0) is 29.5. The normalized spacial score (nSPS) is 12.0. The molecule has 0 amide bonds. The first-order chi connectivity index (χ1) is 22.3. The molecular formula is C44H27N. The summed E-state index contributed by atoms with van der Waals surface area (Å²) in [4.78, 5) is 0. The number of benzene rings is 9. The van der Waals surface area contributed by atoms with Gasteiger partial charge in [-0.15, -0.1) is 0 Å². The SMILES string of the molecule is c1ccc(-n2c3ccccc3c3ccc(-c4cc5c6ccccc6c6c7ccccc7ccc6c5c5ccccc45)cc32)cc1. The molecule has 10 rings (SSSR count). The third-order valence-electron chi connectivity index (χ3n) is 9.73. The molecule has 10 aromatic rings. The van der Waals surface area contributed by atoms with Crippen molar-refractivity contribution in [2.45, 2.75) is 0 Å². The average Bonchev–Trinajstić information content (AvgIpc) is 3.45. The molecule has 45 heavy (non-hydrogen) atoms. The van der Waals surface area contributed by atoms with Crippen molar-refractivity contribution in [2.24, 2.45) is 0 Å². The maximum Gasteiger partial charge on any atom is 0.0547 e. The van der Waals surface area contributed by atoms with Gasteiger partial charge in [0.15, 0.2) is 0 Å². The van der Waals surface area contributed by atoms with Crippen LogP contribution in [-0.2, 0) is 0 Å². The number of aromatic nitrogens is 1. The first-order valence-electron chi connectivity index (χ1n) is 15.6. The summed E-state index contributed by atoms with van der Waals surface area (Å²) in [5, 5.41) is 15.6. The molecule has 0 aliphatic heterocycles. The van der Waals surface area contributed by atoms with E-state index in [1.165, 1.54) is 92.5 Å². The van der Waals surface area contributed by atoms with Crippen molar-refractivity contribution in [1.82, 2.24) is 4.57 Å². The summed E-state index contributed by atoms with van der Waals surface area (Å²) in [7, 11) is 0. The van der Waals surface area contributed by atoms with Crippen molar-refractivity contribution in [3.05, 3.63) is 164 Å². The second kappa shape index (κ2) is 9.29. The molecule has 0 bridgehead atoms. The number of para-hydroxylation sites is 2. The zero-order valence-electron chi connectivity index (χ0n) is 24.5. The van der Waals surface area contributed by atoms with Gasteiger partial charge in [-0.2, -0.15) is 0 Å². The van der Waals surface area contributed by atoms with Crippen LogP contribution in [0.4, 0.5) is 0 Å². The third-order valence-corrected chi connectivity index (χ3v) is 9.73. The Morgan fingerprint density at radius 2 is 0.889 bits per heavy atom. The van der Waals surface area contributed by atoms with E-state index >= 15 is 0 Å². The smallest absolute Gasteiger partial charge is 0.0547 e. The lowest BCUT2D eigenvalue weighted by atomic mass is 9.86. The van der Waals surface area contributed by atoms with Crippen LogP contribution in [0.3, 0.4) is 0 Å². The highest BCUT2D eigenvalue weighted by Crippen LogP contribution is 2.45. The van der Waals surface area contributed by atoms with Crippen LogP contribution in [0, 0.1) is 0 Å². The molecule has 1 nitrogen and oxygen atoms in total. The van der Waals surface area contributed by atoms with Crippen LogP contribution < -0.4 is 0 Å². The van der Waals surface area contributed by atoms with Crippen LogP contribution in [0.2, 0.25) is 0 Å². The van der Waals surface area contributed by atoms with Gasteiger partial charge in [-0.05, 0) is 95.3 Å². The third kappa shape index (κ3) is 3.44. The fraction of sp³-hybridized carbons (Fsp3) is 0. The molecule has 0 N–H and O–H groups in total. The van der Waals surface area contributed by atoms with Crippen LogP contribution >= 0.6 is 0 Å². The largest absolute Gasteiger partial charge is 0.309 e. The Morgan fingerprint density at radius 3 is 1.71 bits per heavy atom. The predicted octanol–water partition coefficient (Wildman–Crippen LogP) is 12.2. The standard InChI is InChI=1S/C44H27N/c1-2-13-30(14-3-1)45-41-21-11-10-18-34(41)35-24-23-29(26-42(35)45)39-27-40-33-17-7-9-20-37(33)43-31-15-5-4-12-28(31)22-25-38(43)44(40)36-19-8-6-16-32(36)39/h1-27H. The Hall–Kier alpha value is -5.92. The fourth-order valence-electron chi connectivity index (χ4n) is 7.82. The van der Waals surface area contributed by atoms with Gasteiger partial charge in [0.2, 0.25) is 0 Å². The molecule has 0 unspecified atom stereocenters. The van der Waals surface area contributed by atoms with Crippen molar-refractivity contribution in [3.63, 3.8) is 0 Å². The number of nitrogens with zero attached hydrogens (tertiary/aromatic N) is 1. The van der Waals surface area contributed by atoms with Gasteiger partial charge in [0.05, 0.1) is 11.0 Å². The molecule has 0 aliphatic rings. The molecule has 0 spiro atoms. The summed E-state index contributed by atoms with van der Waals surface area (Å²) in [6.45, 7) is 0. The average molecular weight is 570 g/mol. The molecule has 0 atom stereocenters. The van der Waals surface area contributed by atoms with Crippen molar-refractivity contribution >= 4 is 75.7 Å². The van der Waals surface area contributed by atoms with Crippen LogP contribution in [0.15, 0.2) is 164 Å². The van der Waals surface area contributed by atoms with Crippen molar-refractivity contribution in [3.8, 4) is 16.8 Å². The highest BCUT2D eigenvalue weighted by atomic mass is 15.0. The van der Waals surface area contributed by atoms with Gasteiger partial charge in [0.25, 0.3) is 0 Å². The van der Waals surface area contributed by atoms with E-state index in [0.29, 0.717) is 0 Å². The van der Waals surface area contributed by atoms with Gasteiger partial charge in [-0.25, -0.2) is 0 Å². The first kappa shape index (κ1) is 24.5. The molecule has 0 radical (unpaired) electrons. The quantitative estimate of drug-likeness (QED) is 0.183. The van der Waals surface area contributed by atoms with E-state index < -0.39 is 0 Å². The molecule has 0 saturated carbocycles. The Balaban J connectivity index is 1.36. The summed E-state index contributed by atoms with van der Waals surface area (Å²) in [6, 6.07) is 60.3.